The summed E-state index contributed by atoms with van der Waals surface area (Å²) in [5.41, 5.74) is 4.23. The molecule has 1 heterocycles. The van der Waals surface area contributed by atoms with Crippen LogP contribution in [0.15, 0.2) is 54.7 Å². The van der Waals surface area contributed by atoms with Crippen molar-refractivity contribution < 1.29 is 27.5 Å². The number of halogens is 3. The molecule has 3 rings (SSSR count). The SMILES string of the molecule is COc1cccc(NCC(=O)NNC(=O)c2cnn(-c3ccccc3C(F)(F)F)c2C)c1. The first-order chi connectivity index (χ1) is 15.2. The molecule has 0 aliphatic heterocycles. The molecule has 1 aromatic heterocycles. The van der Waals surface area contributed by atoms with Crippen LogP contribution in [0.3, 0.4) is 0 Å². The Hall–Kier alpha value is -4.02. The standard InChI is InChI=1S/C21H20F3N5O3/c1-13-16(11-26-29(13)18-9-4-3-8-17(18)21(22,23)24)20(31)28-27-19(30)12-25-14-6-5-7-15(10-14)32-2/h3-11,25H,12H2,1-2H3,(H,27,30)(H,28,31). The predicted octanol–water partition coefficient (Wildman–Crippen LogP) is 3.08. The second-order valence-corrected chi connectivity index (χ2v) is 6.66. The summed E-state index contributed by atoms with van der Waals surface area (Å²) >= 11 is 0. The molecule has 0 radical (unpaired) electrons. The number of hydrazine groups is 1. The second kappa shape index (κ2) is 9.41. The van der Waals surface area contributed by atoms with Crippen molar-refractivity contribution in [2.75, 3.05) is 19.0 Å². The maximum atomic E-state index is 13.3. The molecule has 0 spiro atoms. The zero-order valence-corrected chi connectivity index (χ0v) is 17.2. The van der Waals surface area contributed by atoms with E-state index in [9.17, 15) is 22.8 Å². The van der Waals surface area contributed by atoms with Crippen LogP contribution in [0.2, 0.25) is 0 Å². The van der Waals surface area contributed by atoms with E-state index >= 15 is 0 Å². The summed E-state index contributed by atoms with van der Waals surface area (Å²) in [6.45, 7) is 1.33. The number of aromatic nitrogens is 2. The number of rotatable bonds is 6. The van der Waals surface area contributed by atoms with Crippen LogP contribution < -0.4 is 20.9 Å². The zero-order chi connectivity index (χ0) is 23.3. The second-order valence-electron chi connectivity index (χ2n) is 6.66. The van der Waals surface area contributed by atoms with E-state index < -0.39 is 23.6 Å². The van der Waals surface area contributed by atoms with E-state index in [1.807, 2.05) is 0 Å². The maximum absolute atomic E-state index is 13.3. The van der Waals surface area contributed by atoms with E-state index in [0.29, 0.717) is 11.4 Å². The number of benzene rings is 2. The van der Waals surface area contributed by atoms with Gasteiger partial charge in [-0.1, -0.05) is 18.2 Å². The largest absolute Gasteiger partial charge is 0.497 e. The van der Waals surface area contributed by atoms with E-state index in [1.165, 1.54) is 32.2 Å². The Morgan fingerprint density at radius 2 is 1.84 bits per heavy atom. The molecule has 11 heteroatoms. The van der Waals surface area contributed by atoms with Crippen LogP contribution in [0.25, 0.3) is 5.69 Å². The summed E-state index contributed by atoms with van der Waals surface area (Å²) in [4.78, 5) is 24.4. The molecule has 0 atom stereocenters. The van der Waals surface area contributed by atoms with Gasteiger partial charge in [-0.3, -0.25) is 20.4 Å². The summed E-state index contributed by atoms with van der Waals surface area (Å²) in [7, 11) is 1.52. The number of alkyl halides is 3. The minimum Gasteiger partial charge on any atom is -0.497 e. The summed E-state index contributed by atoms with van der Waals surface area (Å²) in [5.74, 6) is -0.634. The summed E-state index contributed by atoms with van der Waals surface area (Å²) in [6, 6.07) is 11.9. The minimum absolute atomic E-state index is 0.0167. The van der Waals surface area contributed by atoms with E-state index in [1.54, 1.807) is 24.3 Å². The molecular formula is C21H20F3N5O3. The van der Waals surface area contributed by atoms with Gasteiger partial charge < -0.3 is 10.1 Å². The molecule has 0 saturated heterocycles. The molecule has 3 aromatic rings. The van der Waals surface area contributed by atoms with E-state index in [0.717, 1.165) is 16.9 Å². The molecule has 0 saturated carbocycles. The number of hydrogen-bond donors (Lipinski definition) is 3. The number of para-hydroxylation sites is 1. The maximum Gasteiger partial charge on any atom is 0.418 e. The molecule has 8 nitrogen and oxygen atoms in total. The van der Waals surface area contributed by atoms with Gasteiger partial charge in [-0.15, -0.1) is 0 Å². The number of ether oxygens (including phenoxy) is 1. The number of nitrogens with one attached hydrogen (secondary N) is 3. The van der Waals surface area contributed by atoms with Crippen molar-refractivity contribution in [3.05, 3.63) is 71.5 Å². The number of methoxy groups -OCH3 is 1. The molecule has 2 aromatic carbocycles. The average Bonchev–Trinajstić information content (AvgIpc) is 3.16. The Morgan fingerprint density at radius 3 is 2.56 bits per heavy atom. The minimum atomic E-state index is -4.58. The van der Waals surface area contributed by atoms with E-state index in [4.69, 9.17) is 4.74 Å². The lowest BCUT2D eigenvalue weighted by Gasteiger charge is -2.14. The van der Waals surface area contributed by atoms with E-state index in [-0.39, 0.29) is 23.5 Å². The third-order valence-electron chi connectivity index (χ3n) is 4.53. The molecule has 3 N–H and O–H groups in total. The molecule has 0 aliphatic rings. The Bertz CT molecular complexity index is 1130. The topological polar surface area (TPSA) is 97.3 Å². The van der Waals surface area contributed by atoms with Crippen LogP contribution in [0.5, 0.6) is 5.75 Å². The third kappa shape index (κ3) is 5.17. The first-order valence-electron chi connectivity index (χ1n) is 9.39. The van der Waals surface area contributed by atoms with Crippen LogP contribution in [-0.2, 0) is 11.0 Å². The quantitative estimate of drug-likeness (QED) is 0.505. The Morgan fingerprint density at radius 1 is 1.09 bits per heavy atom. The average molecular weight is 447 g/mol. The predicted molar refractivity (Wildman–Crippen MR) is 110 cm³/mol. The van der Waals surface area contributed by atoms with Crippen molar-refractivity contribution in [3.8, 4) is 11.4 Å². The van der Waals surface area contributed by atoms with Crippen LogP contribution in [0.4, 0.5) is 18.9 Å². The van der Waals surface area contributed by atoms with Crippen LogP contribution in [0.1, 0.15) is 21.6 Å². The summed E-state index contributed by atoms with van der Waals surface area (Å²) < 4.78 is 46.0. The van der Waals surface area contributed by atoms with Gasteiger partial charge in [0, 0.05) is 11.8 Å². The lowest BCUT2D eigenvalue weighted by Crippen LogP contribution is -2.44. The van der Waals surface area contributed by atoms with Gasteiger partial charge in [0.05, 0.1) is 42.4 Å². The first-order valence-corrected chi connectivity index (χ1v) is 9.39. The van der Waals surface area contributed by atoms with Gasteiger partial charge in [0.1, 0.15) is 5.75 Å². The van der Waals surface area contributed by atoms with E-state index in [2.05, 4.69) is 21.3 Å². The van der Waals surface area contributed by atoms with Crippen molar-refractivity contribution in [3.63, 3.8) is 0 Å². The fraction of sp³-hybridized carbons (Fsp3) is 0.190. The van der Waals surface area contributed by atoms with Gasteiger partial charge in [0.2, 0.25) is 0 Å². The fourth-order valence-electron chi connectivity index (χ4n) is 2.93. The highest BCUT2D eigenvalue weighted by Crippen LogP contribution is 2.34. The van der Waals surface area contributed by atoms with Crippen LogP contribution in [0, 0.1) is 6.92 Å². The highest BCUT2D eigenvalue weighted by atomic mass is 19.4. The van der Waals surface area contributed by atoms with Crippen molar-refractivity contribution in [1.29, 1.82) is 0 Å². The lowest BCUT2D eigenvalue weighted by atomic mass is 10.1. The van der Waals surface area contributed by atoms with Gasteiger partial charge >= 0.3 is 6.18 Å². The number of nitrogens with zero attached hydrogens (tertiary/aromatic N) is 2. The zero-order valence-electron chi connectivity index (χ0n) is 17.2. The van der Waals surface area contributed by atoms with Crippen LogP contribution in [-0.4, -0.2) is 35.2 Å². The monoisotopic (exact) mass is 447 g/mol. The highest BCUT2D eigenvalue weighted by Gasteiger charge is 2.34. The number of carbonyl (C=O) groups excluding carboxylic acids is 2. The Kier molecular flexibility index (Phi) is 6.67. The van der Waals surface area contributed by atoms with Gasteiger partial charge in [-0.2, -0.15) is 18.3 Å². The smallest absolute Gasteiger partial charge is 0.418 e. The van der Waals surface area contributed by atoms with Crippen molar-refractivity contribution in [2.24, 2.45) is 0 Å². The van der Waals surface area contributed by atoms with Gasteiger partial charge in [0.25, 0.3) is 11.8 Å². The summed E-state index contributed by atoms with van der Waals surface area (Å²) in [6.07, 6.45) is -3.44. The molecule has 0 unspecified atom stereocenters. The fourth-order valence-corrected chi connectivity index (χ4v) is 2.93. The molecule has 0 aliphatic carbocycles. The summed E-state index contributed by atoms with van der Waals surface area (Å²) in [5, 5.41) is 6.79. The first kappa shape index (κ1) is 22.7. The van der Waals surface area contributed by atoms with Crippen molar-refractivity contribution in [1.82, 2.24) is 20.6 Å². The van der Waals surface area contributed by atoms with Gasteiger partial charge in [-0.25, -0.2) is 4.68 Å². The van der Waals surface area contributed by atoms with Gasteiger partial charge in [0.15, 0.2) is 0 Å². The normalized spacial score (nSPS) is 11.0. The molecule has 0 bridgehead atoms. The van der Waals surface area contributed by atoms with Crippen molar-refractivity contribution in [2.45, 2.75) is 13.1 Å². The molecule has 32 heavy (non-hydrogen) atoms. The van der Waals surface area contributed by atoms with Gasteiger partial charge in [-0.05, 0) is 31.2 Å². The van der Waals surface area contributed by atoms with Crippen molar-refractivity contribution >= 4 is 17.5 Å². The molecule has 2 amide bonds. The lowest BCUT2D eigenvalue weighted by molar-refractivity contribution is -0.137. The molecular weight excluding hydrogens is 427 g/mol. The number of anilines is 1. The number of carbonyl (C=O) groups is 2. The Labute approximate surface area is 181 Å². The number of hydrogen-bond acceptors (Lipinski definition) is 5. The highest BCUT2D eigenvalue weighted by molar-refractivity contribution is 5.96. The van der Waals surface area contributed by atoms with Crippen LogP contribution >= 0.6 is 0 Å². The Balaban J connectivity index is 1.63. The third-order valence-corrected chi connectivity index (χ3v) is 4.53. The molecule has 168 valence electrons. The molecule has 0 fully saturated rings. The number of amides is 2.